The fourth-order valence-electron chi connectivity index (χ4n) is 2.46. The average molecular weight is 333 g/mol. The highest BCUT2D eigenvalue weighted by atomic mass is 16.2. The lowest BCUT2D eigenvalue weighted by atomic mass is 9.90. The highest BCUT2D eigenvalue weighted by Crippen LogP contribution is 2.22. The van der Waals surface area contributed by atoms with Gasteiger partial charge >= 0.3 is 0 Å². The van der Waals surface area contributed by atoms with Gasteiger partial charge in [-0.25, -0.2) is 0 Å². The van der Waals surface area contributed by atoms with E-state index in [0.29, 0.717) is 5.92 Å². The normalized spacial score (nSPS) is 13.7. The van der Waals surface area contributed by atoms with Gasteiger partial charge in [-0.15, -0.1) is 0 Å². The van der Waals surface area contributed by atoms with Crippen LogP contribution >= 0.6 is 0 Å². The minimum Gasteiger partial charge on any atom is -0.347 e. The summed E-state index contributed by atoms with van der Waals surface area (Å²) in [5.74, 6) is -0.0650. The number of nitrogens with zero attached hydrogens (tertiary/aromatic N) is 1. The summed E-state index contributed by atoms with van der Waals surface area (Å²) in [6.45, 7) is 8.10. The number of hydrogen-bond donors (Lipinski definition) is 2. The lowest BCUT2D eigenvalue weighted by Gasteiger charge is -2.21. The molecule has 1 aromatic rings. The Bertz CT molecular complexity index is 555. The zero-order valence-corrected chi connectivity index (χ0v) is 15.7. The Kier molecular flexibility index (Phi) is 7.92. The Morgan fingerprint density at radius 3 is 2.29 bits per heavy atom. The summed E-state index contributed by atoms with van der Waals surface area (Å²) < 4.78 is 0. The number of nitrogens with one attached hydrogen (secondary N) is 2. The van der Waals surface area contributed by atoms with Gasteiger partial charge in [0.25, 0.3) is 0 Å². The third-order valence-electron chi connectivity index (χ3n) is 4.11. The second-order valence-corrected chi connectivity index (χ2v) is 6.94. The average Bonchev–Trinajstić information content (AvgIpc) is 2.51. The predicted molar refractivity (Wildman–Crippen MR) is 97.7 cm³/mol. The smallest absolute Gasteiger partial charge is 0.240 e. The maximum atomic E-state index is 12.4. The molecule has 24 heavy (non-hydrogen) atoms. The first-order chi connectivity index (χ1) is 11.2. The molecule has 0 heterocycles. The van der Waals surface area contributed by atoms with Crippen LogP contribution < -0.4 is 10.6 Å². The molecule has 0 aliphatic rings. The van der Waals surface area contributed by atoms with Crippen molar-refractivity contribution in [3.05, 3.63) is 35.4 Å². The van der Waals surface area contributed by atoms with Gasteiger partial charge in [-0.2, -0.15) is 0 Å². The van der Waals surface area contributed by atoms with Crippen LogP contribution in [0.5, 0.6) is 0 Å². The van der Waals surface area contributed by atoms with Crippen LogP contribution in [-0.4, -0.2) is 43.5 Å². The summed E-state index contributed by atoms with van der Waals surface area (Å²) in [5, 5.41) is 5.56. The van der Waals surface area contributed by atoms with Crippen molar-refractivity contribution in [2.75, 3.05) is 20.6 Å². The van der Waals surface area contributed by atoms with Gasteiger partial charge in [0.2, 0.25) is 11.8 Å². The van der Waals surface area contributed by atoms with Gasteiger partial charge in [-0.1, -0.05) is 38.1 Å². The molecule has 0 radical (unpaired) electrons. The monoisotopic (exact) mass is 333 g/mol. The van der Waals surface area contributed by atoms with Gasteiger partial charge in [0.05, 0.1) is 18.6 Å². The zero-order valence-electron chi connectivity index (χ0n) is 15.7. The van der Waals surface area contributed by atoms with Crippen molar-refractivity contribution in [2.24, 2.45) is 5.92 Å². The lowest BCUT2D eigenvalue weighted by molar-refractivity contribution is -0.127. The van der Waals surface area contributed by atoms with Crippen LogP contribution in [0.4, 0.5) is 0 Å². The molecule has 1 aromatic carbocycles. The summed E-state index contributed by atoms with van der Waals surface area (Å²) in [6, 6.07) is 8.02. The Balaban J connectivity index is 2.64. The fourth-order valence-corrected chi connectivity index (χ4v) is 2.46. The third kappa shape index (κ3) is 6.32. The van der Waals surface area contributed by atoms with E-state index in [1.54, 1.807) is 0 Å². The lowest BCUT2D eigenvalue weighted by Crippen LogP contribution is -2.46. The van der Waals surface area contributed by atoms with Gasteiger partial charge in [0, 0.05) is 0 Å². The summed E-state index contributed by atoms with van der Waals surface area (Å²) in [6.07, 6.45) is 0.868. The van der Waals surface area contributed by atoms with Crippen molar-refractivity contribution in [3.63, 3.8) is 0 Å². The Labute approximate surface area is 145 Å². The summed E-state index contributed by atoms with van der Waals surface area (Å²) in [5.41, 5.74) is 2.23. The van der Waals surface area contributed by atoms with Crippen molar-refractivity contribution in [3.8, 4) is 0 Å². The molecule has 2 amide bonds. The van der Waals surface area contributed by atoms with Gasteiger partial charge in [0.1, 0.15) is 0 Å². The molecule has 2 atom stereocenters. The highest BCUT2D eigenvalue weighted by molar-refractivity contribution is 5.88. The molecule has 0 saturated carbocycles. The molecule has 0 spiro atoms. The molecule has 1 rings (SSSR count). The van der Waals surface area contributed by atoms with Gasteiger partial charge in [0.15, 0.2) is 0 Å². The maximum Gasteiger partial charge on any atom is 0.240 e. The molecule has 0 saturated heterocycles. The van der Waals surface area contributed by atoms with Crippen LogP contribution in [-0.2, 0) is 16.0 Å². The Morgan fingerprint density at radius 2 is 1.71 bits per heavy atom. The summed E-state index contributed by atoms with van der Waals surface area (Å²) in [4.78, 5) is 26.2. The highest BCUT2D eigenvalue weighted by Gasteiger charge is 2.19. The largest absolute Gasteiger partial charge is 0.347 e. The van der Waals surface area contributed by atoms with Crippen molar-refractivity contribution in [2.45, 2.75) is 46.2 Å². The number of benzene rings is 1. The van der Waals surface area contributed by atoms with Crippen molar-refractivity contribution in [1.29, 1.82) is 0 Å². The van der Waals surface area contributed by atoms with Crippen LogP contribution in [0.1, 0.15) is 44.7 Å². The van der Waals surface area contributed by atoms with E-state index >= 15 is 0 Å². The standard InChI is InChI=1S/C19H31N3O2/c1-13(2)11-16-9-7-8-10-17(16)14(3)19(24)20-12-18(23)21-15(4)22(5)6/h7-10,13-15H,11-12H2,1-6H3,(H,20,24)(H,21,23)/t14-,15-/m1/s1. The first kappa shape index (κ1) is 20.2. The number of carbonyl (C=O) groups is 2. The van der Waals surface area contributed by atoms with E-state index in [9.17, 15) is 9.59 Å². The van der Waals surface area contributed by atoms with Crippen LogP contribution in [0.25, 0.3) is 0 Å². The molecule has 0 unspecified atom stereocenters. The first-order valence-electron chi connectivity index (χ1n) is 8.53. The number of hydrogen-bond acceptors (Lipinski definition) is 3. The van der Waals surface area contributed by atoms with E-state index < -0.39 is 0 Å². The fraction of sp³-hybridized carbons (Fsp3) is 0.579. The second kappa shape index (κ2) is 9.42. The predicted octanol–water partition coefficient (Wildman–Crippen LogP) is 2.13. The number of carbonyl (C=O) groups excluding carboxylic acids is 2. The van der Waals surface area contributed by atoms with Crippen molar-refractivity contribution >= 4 is 11.8 Å². The van der Waals surface area contributed by atoms with Crippen molar-refractivity contribution < 1.29 is 9.59 Å². The molecule has 2 N–H and O–H groups in total. The van der Waals surface area contributed by atoms with Crippen LogP contribution in [0.3, 0.4) is 0 Å². The molecule has 0 aliphatic heterocycles. The van der Waals surface area contributed by atoms with E-state index in [4.69, 9.17) is 0 Å². The first-order valence-corrected chi connectivity index (χ1v) is 8.53. The molecular formula is C19H31N3O2. The van der Waals surface area contributed by atoms with Gasteiger partial charge < -0.3 is 10.6 Å². The molecule has 5 nitrogen and oxygen atoms in total. The minimum atomic E-state index is -0.279. The van der Waals surface area contributed by atoms with Gasteiger partial charge in [-0.3, -0.25) is 14.5 Å². The van der Waals surface area contributed by atoms with E-state index in [1.165, 1.54) is 5.56 Å². The van der Waals surface area contributed by atoms with E-state index in [0.717, 1.165) is 12.0 Å². The van der Waals surface area contributed by atoms with Crippen molar-refractivity contribution in [1.82, 2.24) is 15.5 Å². The third-order valence-corrected chi connectivity index (χ3v) is 4.11. The summed E-state index contributed by atoms with van der Waals surface area (Å²) >= 11 is 0. The molecule has 0 aliphatic carbocycles. The minimum absolute atomic E-state index is 0.00625. The Hall–Kier alpha value is -1.88. The molecule has 0 aromatic heterocycles. The maximum absolute atomic E-state index is 12.4. The quantitative estimate of drug-likeness (QED) is 0.717. The SMILES string of the molecule is CC(C)Cc1ccccc1[C@@H](C)C(=O)NCC(=O)N[C@@H](C)N(C)C. The van der Waals surface area contributed by atoms with Crippen LogP contribution in [0.15, 0.2) is 24.3 Å². The molecule has 5 heteroatoms. The second-order valence-electron chi connectivity index (χ2n) is 6.94. The zero-order chi connectivity index (χ0) is 18.3. The van der Waals surface area contributed by atoms with E-state index in [2.05, 4.69) is 30.5 Å². The Morgan fingerprint density at radius 1 is 1.08 bits per heavy atom. The summed E-state index contributed by atoms with van der Waals surface area (Å²) in [7, 11) is 3.77. The molecule has 0 fully saturated rings. The number of rotatable bonds is 8. The molecule has 134 valence electrons. The van der Waals surface area contributed by atoms with E-state index in [-0.39, 0.29) is 30.4 Å². The molecule has 0 bridgehead atoms. The van der Waals surface area contributed by atoms with Gasteiger partial charge in [-0.05, 0) is 51.4 Å². The number of amides is 2. The van der Waals surface area contributed by atoms with Crippen LogP contribution in [0.2, 0.25) is 0 Å². The molecular weight excluding hydrogens is 302 g/mol. The van der Waals surface area contributed by atoms with E-state index in [1.807, 2.05) is 51.0 Å². The van der Waals surface area contributed by atoms with Crippen LogP contribution in [0, 0.1) is 5.92 Å². The topological polar surface area (TPSA) is 61.4 Å².